The van der Waals surface area contributed by atoms with E-state index in [9.17, 15) is 22.0 Å². The first-order chi connectivity index (χ1) is 13.6. The highest BCUT2D eigenvalue weighted by atomic mass is 35.5. The van der Waals surface area contributed by atoms with Crippen LogP contribution in [0.25, 0.3) is 0 Å². The minimum atomic E-state index is -3.79. The summed E-state index contributed by atoms with van der Waals surface area (Å²) in [6.45, 7) is -0.234. The second-order valence-corrected chi connectivity index (χ2v) is 9.80. The Morgan fingerprint density at radius 2 is 1.86 bits per heavy atom. The highest BCUT2D eigenvalue weighted by molar-refractivity contribution is 7.98. The van der Waals surface area contributed by atoms with Crippen molar-refractivity contribution in [2.45, 2.75) is 5.75 Å². The molecule has 29 heavy (non-hydrogen) atoms. The van der Waals surface area contributed by atoms with Crippen molar-refractivity contribution in [2.24, 2.45) is 0 Å². The van der Waals surface area contributed by atoms with Gasteiger partial charge < -0.3 is 5.32 Å². The lowest BCUT2D eigenvalue weighted by molar-refractivity contribution is -0.119. The van der Waals surface area contributed by atoms with Crippen LogP contribution < -0.4 is 9.62 Å². The zero-order valence-electron chi connectivity index (χ0n) is 15.3. The van der Waals surface area contributed by atoms with Gasteiger partial charge in [-0.25, -0.2) is 17.2 Å². The van der Waals surface area contributed by atoms with Gasteiger partial charge in [0.2, 0.25) is 15.9 Å². The van der Waals surface area contributed by atoms with E-state index in [0.717, 1.165) is 22.7 Å². The summed E-state index contributed by atoms with van der Waals surface area (Å²) < 4.78 is 51.9. The summed E-state index contributed by atoms with van der Waals surface area (Å²) in [5, 5.41) is 2.68. The lowest BCUT2D eigenvalue weighted by atomic mass is 10.2. The molecule has 0 aliphatic heterocycles. The third-order valence-electron chi connectivity index (χ3n) is 3.76. The Morgan fingerprint density at radius 1 is 1.14 bits per heavy atom. The van der Waals surface area contributed by atoms with E-state index in [-0.39, 0.29) is 17.3 Å². The molecule has 0 heterocycles. The van der Waals surface area contributed by atoms with Crippen LogP contribution in [0.1, 0.15) is 5.56 Å². The molecule has 0 saturated heterocycles. The SMILES string of the molecule is CS(=O)(=O)N(CC(=O)NCCSCc1c(F)cccc1Cl)c1ccc(F)c(Cl)c1. The molecule has 0 saturated carbocycles. The zero-order chi connectivity index (χ0) is 21.6. The van der Waals surface area contributed by atoms with Gasteiger partial charge in [0.1, 0.15) is 18.2 Å². The maximum absolute atomic E-state index is 13.7. The molecule has 11 heteroatoms. The quantitative estimate of drug-likeness (QED) is 0.546. The van der Waals surface area contributed by atoms with Gasteiger partial charge in [0.25, 0.3) is 0 Å². The van der Waals surface area contributed by atoms with Crippen molar-refractivity contribution in [3.63, 3.8) is 0 Å². The van der Waals surface area contributed by atoms with Crippen molar-refractivity contribution in [2.75, 3.05) is 29.4 Å². The predicted molar refractivity (Wildman–Crippen MR) is 114 cm³/mol. The molecule has 0 unspecified atom stereocenters. The zero-order valence-corrected chi connectivity index (χ0v) is 18.4. The van der Waals surface area contributed by atoms with Crippen LogP contribution in [0.5, 0.6) is 0 Å². The van der Waals surface area contributed by atoms with Gasteiger partial charge in [-0.15, -0.1) is 0 Å². The number of rotatable bonds is 9. The van der Waals surface area contributed by atoms with E-state index in [1.165, 1.54) is 30.0 Å². The fraction of sp³-hybridized carbons (Fsp3) is 0.278. The first kappa shape index (κ1) is 23.7. The number of benzene rings is 2. The molecule has 0 aromatic heterocycles. The summed E-state index contributed by atoms with van der Waals surface area (Å²) in [5.74, 6) is -0.820. The van der Waals surface area contributed by atoms with E-state index in [2.05, 4.69) is 5.32 Å². The number of anilines is 1. The molecule has 2 rings (SSSR count). The van der Waals surface area contributed by atoms with Crippen molar-refractivity contribution >= 4 is 56.6 Å². The first-order valence-electron chi connectivity index (χ1n) is 8.29. The molecule has 0 spiro atoms. The van der Waals surface area contributed by atoms with Crippen molar-refractivity contribution in [3.05, 3.63) is 63.6 Å². The van der Waals surface area contributed by atoms with Gasteiger partial charge in [-0.3, -0.25) is 9.10 Å². The number of hydrogen-bond acceptors (Lipinski definition) is 4. The topological polar surface area (TPSA) is 66.5 Å². The molecule has 0 aliphatic carbocycles. The Morgan fingerprint density at radius 3 is 2.48 bits per heavy atom. The number of hydrogen-bond donors (Lipinski definition) is 1. The van der Waals surface area contributed by atoms with Crippen molar-refractivity contribution in [1.82, 2.24) is 5.32 Å². The van der Waals surface area contributed by atoms with Gasteiger partial charge in [0, 0.05) is 28.6 Å². The summed E-state index contributed by atoms with van der Waals surface area (Å²) in [6, 6.07) is 7.84. The number of halogens is 4. The summed E-state index contributed by atoms with van der Waals surface area (Å²) in [5.41, 5.74) is 0.472. The normalized spacial score (nSPS) is 11.3. The van der Waals surface area contributed by atoms with Gasteiger partial charge in [0.15, 0.2) is 0 Å². The van der Waals surface area contributed by atoms with Gasteiger partial charge in [-0.05, 0) is 30.3 Å². The number of carbonyl (C=O) groups is 1. The molecule has 0 aliphatic rings. The van der Waals surface area contributed by atoms with Crippen LogP contribution in [0.15, 0.2) is 36.4 Å². The van der Waals surface area contributed by atoms with E-state index in [0.29, 0.717) is 22.1 Å². The van der Waals surface area contributed by atoms with Crippen LogP contribution in [0, 0.1) is 11.6 Å². The van der Waals surface area contributed by atoms with Gasteiger partial charge in [0.05, 0.1) is 17.0 Å². The molecule has 0 radical (unpaired) electrons. The van der Waals surface area contributed by atoms with Crippen LogP contribution >= 0.6 is 35.0 Å². The standard InChI is InChI=1S/C18H18Cl2F2N2O3S2/c1-29(26,27)24(12-5-6-17(22)15(20)9-12)10-18(25)23-7-8-28-11-13-14(19)3-2-4-16(13)21/h2-6,9H,7-8,10-11H2,1H3,(H,23,25). The lowest BCUT2D eigenvalue weighted by Crippen LogP contribution is -2.41. The third-order valence-corrected chi connectivity index (χ3v) is 6.53. The van der Waals surface area contributed by atoms with Crippen molar-refractivity contribution < 1.29 is 22.0 Å². The molecule has 1 amide bonds. The van der Waals surface area contributed by atoms with E-state index in [1.54, 1.807) is 6.07 Å². The third kappa shape index (κ3) is 7.02. The fourth-order valence-electron chi connectivity index (χ4n) is 2.33. The monoisotopic (exact) mass is 482 g/mol. The maximum atomic E-state index is 13.7. The maximum Gasteiger partial charge on any atom is 0.240 e. The molecule has 1 N–H and O–H groups in total. The van der Waals surface area contributed by atoms with E-state index < -0.39 is 34.1 Å². The van der Waals surface area contributed by atoms with Gasteiger partial charge in [-0.2, -0.15) is 11.8 Å². The highest BCUT2D eigenvalue weighted by Crippen LogP contribution is 2.25. The van der Waals surface area contributed by atoms with Gasteiger partial charge in [-0.1, -0.05) is 29.3 Å². The van der Waals surface area contributed by atoms with Gasteiger partial charge >= 0.3 is 0 Å². The van der Waals surface area contributed by atoms with Crippen LogP contribution in [-0.4, -0.2) is 39.4 Å². The molecule has 0 bridgehead atoms. The number of amides is 1. The van der Waals surface area contributed by atoms with E-state index in [1.807, 2.05) is 0 Å². The van der Waals surface area contributed by atoms with Crippen LogP contribution in [-0.2, 0) is 20.6 Å². The molecular formula is C18H18Cl2F2N2O3S2. The smallest absolute Gasteiger partial charge is 0.240 e. The number of sulfonamides is 1. The Kier molecular flexibility index (Phi) is 8.57. The Balaban J connectivity index is 1.88. The fourth-order valence-corrected chi connectivity index (χ4v) is 4.55. The first-order valence-corrected chi connectivity index (χ1v) is 12.1. The average Bonchev–Trinajstić information content (AvgIpc) is 2.63. The molecule has 0 atom stereocenters. The number of thioether (sulfide) groups is 1. The molecule has 158 valence electrons. The van der Waals surface area contributed by atoms with E-state index >= 15 is 0 Å². The second kappa shape index (κ2) is 10.5. The summed E-state index contributed by atoms with van der Waals surface area (Å²) in [7, 11) is -3.79. The highest BCUT2D eigenvalue weighted by Gasteiger charge is 2.21. The molecule has 2 aromatic carbocycles. The summed E-state index contributed by atoms with van der Waals surface area (Å²) >= 11 is 13.0. The Hall–Kier alpha value is -1.55. The largest absolute Gasteiger partial charge is 0.354 e. The molecule has 0 fully saturated rings. The molecular weight excluding hydrogens is 465 g/mol. The minimum Gasteiger partial charge on any atom is -0.354 e. The van der Waals surface area contributed by atoms with Crippen LogP contribution in [0.4, 0.5) is 14.5 Å². The van der Waals surface area contributed by atoms with E-state index in [4.69, 9.17) is 23.2 Å². The van der Waals surface area contributed by atoms with Crippen molar-refractivity contribution in [3.8, 4) is 0 Å². The summed E-state index contributed by atoms with van der Waals surface area (Å²) in [6.07, 6.45) is 0.936. The predicted octanol–water partition coefficient (Wildman–Crippen LogP) is 4.09. The van der Waals surface area contributed by atoms with Crippen LogP contribution in [0.2, 0.25) is 10.0 Å². The Labute approximate surface area is 182 Å². The second-order valence-electron chi connectivity index (χ2n) is 5.97. The van der Waals surface area contributed by atoms with Crippen LogP contribution in [0.3, 0.4) is 0 Å². The number of nitrogens with zero attached hydrogens (tertiary/aromatic N) is 1. The molecule has 2 aromatic rings. The minimum absolute atomic E-state index is 0.0811. The Bertz CT molecular complexity index is 971. The average molecular weight is 483 g/mol. The van der Waals surface area contributed by atoms with Crippen molar-refractivity contribution in [1.29, 1.82) is 0 Å². The lowest BCUT2D eigenvalue weighted by Gasteiger charge is -2.22. The summed E-state index contributed by atoms with van der Waals surface area (Å²) in [4.78, 5) is 12.2. The number of nitrogens with one attached hydrogen (secondary N) is 1. The molecule has 5 nitrogen and oxygen atoms in total. The number of carbonyl (C=O) groups excluding carboxylic acids is 1.